The molecule has 4 unspecified atom stereocenters. The van der Waals surface area contributed by atoms with Crippen LogP contribution in [0.2, 0.25) is 0 Å². The van der Waals surface area contributed by atoms with E-state index in [2.05, 4.69) is 41.5 Å². The van der Waals surface area contributed by atoms with Gasteiger partial charge in [0.25, 0.3) is 0 Å². The van der Waals surface area contributed by atoms with E-state index in [9.17, 15) is 43.2 Å². The van der Waals surface area contributed by atoms with E-state index in [4.69, 9.17) is 37.0 Å². The lowest BCUT2D eigenvalue weighted by Gasteiger charge is -2.21. The van der Waals surface area contributed by atoms with Gasteiger partial charge in [0.15, 0.2) is 12.2 Å². The summed E-state index contributed by atoms with van der Waals surface area (Å²) in [6, 6.07) is 0. The first-order valence-electron chi connectivity index (χ1n) is 37.6. The van der Waals surface area contributed by atoms with Gasteiger partial charge in [-0.1, -0.05) is 318 Å². The molecule has 0 aliphatic rings. The molecule has 0 rings (SSSR count). The standard InChI is InChI=1S/C72H140O17P2/c1-7-11-13-15-17-19-20-21-22-23-24-25-26-27-28-33-37-44-50-56-71(76)88-67(60-83-70(75)55-49-43-36-32-30-29-31-34-40-46-52-64(5)9-3)62-86-90(78,79)84-58-66(73)59-85-91(80,81)87-63-68(61-82-69(74)54-48-42-35-18-16-14-12-8-2)89-72(77)57-51-45-39-38-41-47-53-65(6)10-4/h64-68,73H,7-63H2,1-6H3,(H,78,79)(H,80,81)/t64?,65?,66-,67-,68-/m1/s1. The highest BCUT2D eigenvalue weighted by molar-refractivity contribution is 7.47. The Hall–Kier alpha value is -1.94. The third-order valence-corrected chi connectivity index (χ3v) is 19.3. The van der Waals surface area contributed by atoms with Crippen LogP contribution >= 0.6 is 15.6 Å². The average Bonchev–Trinajstić information content (AvgIpc) is 3.73. The minimum atomic E-state index is -4.95. The van der Waals surface area contributed by atoms with E-state index in [1.165, 1.54) is 180 Å². The van der Waals surface area contributed by atoms with Crippen molar-refractivity contribution in [2.75, 3.05) is 39.6 Å². The van der Waals surface area contributed by atoms with Crippen LogP contribution in [0.25, 0.3) is 0 Å². The summed E-state index contributed by atoms with van der Waals surface area (Å²) in [6.07, 6.45) is 50.1. The normalized spacial score (nSPS) is 14.7. The number of aliphatic hydroxyl groups excluding tert-OH is 1. The van der Waals surface area contributed by atoms with Gasteiger partial charge < -0.3 is 33.8 Å². The Morgan fingerprint density at radius 2 is 0.527 bits per heavy atom. The van der Waals surface area contributed by atoms with E-state index >= 15 is 0 Å². The van der Waals surface area contributed by atoms with Crippen LogP contribution in [0.3, 0.4) is 0 Å². The van der Waals surface area contributed by atoms with Crippen LogP contribution in [-0.4, -0.2) is 96.7 Å². The predicted molar refractivity (Wildman–Crippen MR) is 368 cm³/mol. The first-order valence-corrected chi connectivity index (χ1v) is 40.6. The maximum atomic E-state index is 13.0. The number of ether oxygens (including phenoxy) is 4. The number of rotatable bonds is 71. The topological polar surface area (TPSA) is 237 Å². The van der Waals surface area contributed by atoms with Gasteiger partial charge in [-0.25, -0.2) is 9.13 Å². The van der Waals surface area contributed by atoms with Gasteiger partial charge in [0, 0.05) is 25.7 Å². The molecule has 0 aliphatic heterocycles. The molecule has 0 amide bonds. The summed E-state index contributed by atoms with van der Waals surface area (Å²) in [5.41, 5.74) is 0. The third kappa shape index (κ3) is 63.9. The van der Waals surface area contributed by atoms with Crippen LogP contribution in [0.1, 0.15) is 369 Å². The fourth-order valence-corrected chi connectivity index (χ4v) is 12.5. The van der Waals surface area contributed by atoms with E-state index < -0.39 is 97.5 Å². The molecule has 0 aromatic heterocycles. The Kier molecular flexibility index (Phi) is 62.7. The lowest BCUT2D eigenvalue weighted by molar-refractivity contribution is -0.161. The van der Waals surface area contributed by atoms with Gasteiger partial charge in [-0.05, 0) is 37.5 Å². The monoisotopic (exact) mass is 1340 g/mol. The van der Waals surface area contributed by atoms with Crippen LogP contribution in [0, 0.1) is 11.8 Å². The fraction of sp³-hybridized carbons (Fsp3) is 0.944. The molecule has 0 aromatic rings. The molecule has 540 valence electrons. The summed E-state index contributed by atoms with van der Waals surface area (Å²) in [5, 5.41) is 10.6. The average molecular weight is 1340 g/mol. The number of hydrogen-bond donors (Lipinski definition) is 3. The van der Waals surface area contributed by atoms with Crippen LogP contribution in [0.5, 0.6) is 0 Å². The van der Waals surface area contributed by atoms with Crippen LogP contribution in [0.4, 0.5) is 0 Å². The van der Waals surface area contributed by atoms with Crippen molar-refractivity contribution in [1.29, 1.82) is 0 Å². The zero-order valence-electron chi connectivity index (χ0n) is 59.1. The van der Waals surface area contributed by atoms with Crippen LogP contribution in [0.15, 0.2) is 0 Å². The summed E-state index contributed by atoms with van der Waals surface area (Å²) in [6.45, 7) is 9.51. The maximum Gasteiger partial charge on any atom is 0.472 e. The SMILES string of the molecule is CCCCCCCCCCCCCCCCCCCCCC(=O)O[C@H](COC(=O)CCCCCCCCCCCCC(C)CC)COP(=O)(O)OC[C@@H](O)COP(=O)(O)OC[C@@H](COC(=O)CCCCCCCCCC)OC(=O)CCCCCCCCC(C)CC. The second kappa shape index (κ2) is 64.1. The lowest BCUT2D eigenvalue weighted by atomic mass is 9.99. The van der Waals surface area contributed by atoms with Gasteiger partial charge in [-0.2, -0.15) is 0 Å². The first kappa shape index (κ1) is 89.1. The van der Waals surface area contributed by atoms with Gasteiger partial charge in [-0.15, -0.1) is 0 Å². The fourth-order valence-electron chi connectivity index (χ4n) is 10.9. The Labute approximate surface area is 556 Å². The molecule has 91 heavy (non-hydrogen) atoms. The number of esters is 4. The number of carbonyl (C=O) groups excluding carboxylic acids is 4. The summed E-state index contributed by atoms with van der Waals surface area (Å²) in [7, 11) is -9.90. The lowest BCUT2D eigenvalue weighted by Crippen LogP contribution is -2.30. The minimum Gasteiger partial charge on any atom is -0.462 e. The zero-order chi connectivity index (χ0) is 67.2. The maximum absolute atomic E-state index is 13.0. The van der Waals surface area contributed by atoms with Crippen molar-refractivity contribution < 1.29 is 80.2 Å². The summed E-state index contributed by atoms with van der Waals surface area (Å²) >= 11 is 0. The van der Waals surface area contributed by atoms with E-state index in [1.54, 1.807) is 0 Å². The van der Waals surface area contributed by atoms with Crippen molar-refractivity contribution in [3.8, 4) is 0 Å². The van der Waals surface area contributed by atoms with Gasteiger partial charge >= 0.3 is 39.5 Å². The highest BCUT2D eigenvalue weighted by Gasteiger charge is 2.30. The molecule has 0 aromatic carbocycles. The van der Waals surface area contributed by atoms with E-state index in [0.717, 1.165) is 108 Å². The van der Waals surface area contributed by atoms with Crippen molar-refractivity contribution in [3.63, 3.8) is 0 Å². The second-order valence-electron chi connectivity index (χ2n) is 26.5. The predicted octanol–water partition coefficient (Wildman–Crippen LogP) is 20.8. The Bertz CT molecular complexity index is 1770. The Balaban J connectivity index is 5.20. The van der Waals surface area contributed by atoms with E-state index in [0.29, 0.717) is 25.7 Å². The molecule has 0 fully saturated rings. The van der Waals surface area contributed by atoms with Gasteiger partial charge in [-0.3, -0.25) is 37.3 Å². The highest BCUT2D eigenvalue weighted by atomic mass is 31.2. The molecule has 0 heterocycles. The number of unbranched alkanes of at least 4 members (excludes halogenated alkanes) is 39. The van der Waals surface area contributed by atoms with Crippen molar-refractivity contribution in [1.82, 2.24) is 0 Å². The number of phosphoric acid groups is 2. The molecule has 0 radical (unpaired) electrons. The quantitative estimate of drug-likeness (QED) is 0.0222. The molecule has 0 saturated heterocycles. The van der Waals surface area contributed by atoms with E-state index in [-0.39, 0.29) is 25.7 Å². The molecule has 0 aliphatic carbocycles. The molecule has 19 heteroatoms. The molecular formula is C72H140O17P2. The number of hydrogen-bond acceptors (Lipinski definition) is 15. The van der Waals surface area contributed by atoms with Crippen molar-refractivity contribution >= 4 is 39.5 Å². The summed E-state index contributed by atoms with van der Waals surface area (Å²) < 4.78 is 68.3. The Morgan fingerprint density at radius 3 is 0.780 bits per heavy atom. The van der Waals surface area contributed by atoms with Gasteiger partial charge in [0.2, 0.25) is 0 Å². The smallest absolute Gasteiger partial charge is 0.462 e. The van der Waals surface area contributed by atoms with Crippen LogP contribution < -0.4 is 0 Å². The van der Waals surface area contributed by atoms with Crippen LogP contribution in [-0.2, 0) is 65.4 Å². The highest BCUT2D eigenvalue weighted by Crippen LogP contribution is 2.45. The number of carbonyl (C=O) groups is 4. The van der Waals surface area contributed by atoms with Gasteiger partial charge in [0.1, 0.15) is 19.3 Å². The van der Waals surface area contributed by atoms with Crippen molar-refractivity contribution in [2.45, 2.75) is 387 Å². The summed E-state index contributed by atoms with van der Waals surface area (Å²) in [5.74, 6) is -0.597. The molecular weight excluding hydrogens is 1200 g/mol. The largest absolute Gasteiger partial charge is 0.472 e. The molecule has 3 N–H and O–H groups in total. The summed E-state index contributed by atoms with van der Waals surface area (Å²) in [4.78, 5) is 72.5. The molecule has 0 bridgehead atoms. The first-order chi connectivity index (χ1) is 43.9. The zero-order valence-corrected chi connectivity index (χ0v) is 60.9. The van der Waals surface area contributed by atoms with Crippen molar-refractivity contribution in [2.24, 2.45) is 11.8 Å². The second-order valence-corrected chi connectivity index (χ2v) is 29.4. The molecule has 17 nitrogen and oxygen atoms in total. The number of aliphatic hydroxyl groups is 1. The van der Waals surface area contributed by atoms with Crippen molar-refractivity contribution in [3.05, 3.63) is 0 Å². The minimum absolute atomic E-state index is 0.103. The Morgan fingerprint density at radius 1 is 0.308 bits per heavy atom. The third-order valence-electron chi connectivity index (χ3n) is 17.4. The molecule has 0 saturated carbocycles. The number of phosphoric ester groups is 2. The molecule has 7 atom stereocenters. The molecule has 0 spiro atoms. The van der Waals surface area contributed by atoms with Gasteiger partial charge in [0.05, 0.1) is 26.4 Å². The van der Waals surface area contributed by atoms with E-state index in [1.807, 2.05) is 0 Å².